The zero-order valence-corrected chi connectivity index (χ0v) is 20.5. The standard InChI is InChI=1S/C23H27BrN2O4S/c1-14-9-18(6-7-19(14)24)25-22(27)13-29-20-8-5-17(10-21(20)28-4)23(31)26-11-15(2)30-16(3)12-26/h5-10,15-16H,11-13H2,1-4H3,(H,25,27)/t15-,16+. The molecule has 0 spiro atoms. The molecule has 1 aliphatic heterocycles. The third kappa shape index (κ3) is 6.18. The van der Waals surface area contributed by atoms with Crippen LogP contribution in [-0.2, 0) is 9.53 Å². The van der Waals surface area contributed by atoms with Crippen LogP contribution in [0.5, 0.6) is 11.5 Å². The number of aryl methyl sites for hydroxylation is 1. The minimum atomic E-state index is -0.250. The lowest BCUT2D eigenvalue weighted by Crippen LogP contribution is -2.47. The van der Waals surface area contributed by atoms with Gasteiger partial charge in [0.1, 0.15) is 4.99 Å². The molecule has 6 nitrogen and oxygen atoms in total. The molecule has 0 aliphatic carbocycles. The summed E-state index contributed by atoms with van der Waals surface area (Å²) < 4.78 is 18.0. The molecule has 0 unspecified atom stereocenters. The molecule has 31 heavy (non-hydrogen) atoms. The number of rotatable bonds is 6. The smallest absolute Gasteiger partial charge is 0.262 e. The van der Waals surface area contributed by atoms with Crippen molar-refractivity contribution in [2.24, 2.45) is 0 Å². The van der Waals surface area contributed by atoms with E-state index in [0.29, 0.717) is 11.5 Å². The predicted octanol–water partition coefficient (Wildman–Crippen LogP) is 4.57. The van der Waals surface area contributed by atoms with Crippen molar-refractivity contribution in [3.63, 3.8) is 0 Å². The van der Waals surface area contributed by atoms with Crippen LogP contribution in [0.1, 0.15) is 25.0 Å². The van der Waals surface area contributed by atoms with Crippen molar-refractivity contribution in [2.75, 3.05) is 32.1 Å². The van der Waals surface area contributed by atoms with E-state index in [-0.39, 0.29) is 24.7 Å². The van der Waals surface area contributed by atoms with E-state index in [0.717, 1.165) is 39.4 Å². The summed E-state index contributed by atoms with van der Waals surface area (Å²) in [4.78, 5) is 15.2. The van der Waals surface area contributed by atoms with E-state index in [1.54, 1.807) is 13.2 Å². The number of morpholine rings is 1. The van der Waals surface area contributed by atoms with Gasteiger partial charge in [-0.3, -0.25) is 4.79 Å². The average molecular weight is 507 g/mol. The van der Waals surface area contributed by atoms with Gasteiger partial charge < -0.3 is 24.4 Å². The number of hydrogen-bond acceptors (Lipinski definition) is 5. The van der Waals surface area contributed by atoms with Gasteiger partial charge >= 0.3 is 0 Å². The van der Waals surface area contributed by atoms with Crippen LogP contribution in [-0.4, -0.2) is 54.8 Å². The highest BCUT2D eigenvalue weighted by Gasteiger charge is 2.25. The largest absolute Gasteiger partial charge is 0.493 e. The molecule has 166 valence electrons. The van der Waals surface area contributed by atoms with E-state index in [4.69, 9.17) is 26.4 Å². The van der Waals surface area contributed by atoms with Gasteiger partial charge in [-0.2, -0.15) is 0 Å². The molecule has 0 aromatic heterocycles. The number of hydrogen-bond donors (Lipinski definition) is 1. The van der Waals surface area contributed by atoms with E-state index in [9.17, 15) is 4.79 Å². The summed E-state index contributed by atoms with van der Waals surface area (Å²) in [6, 6.07) is 11.1. The minimum absolute atomic E-state index is 0.124. The Morgan fingerprint density at radius 1 is 1.19 bits per heavy atom. The van der Waals surface area contributed by atoms with Crippen molar-refractivity contribution in [1.29, 1.82) is 0 Å². The molecule has 0 radical (unpaired) electrons. The molecule has 2 aromatic rings. The third-order valence-electron chi connectivity index (χ3n) is 4.92. The van der Waals surface area contributed by atoms with Crippen LogP contribution in [0.4, 0.5) is 5.69 Å². The van der Waals surface area contributed by atoms with Gasteiger partial charge in [0, 0.05) is 28.8 Å². The first-order valence-corrected chi connectivity index (χ1v) is 11.3. The zero-order chi connectivity index (χ0) is 22.5. The highest BCUT2D eigenvalue weighted by atomic mass is 79.9. The number of benzene rings is 2. The molecule has 8 heteroatoms. The van der Waals surface area contributed by atoms with Crippen molar-refractivity contribution >= 4 is 44.7 Å². The van der Waals surface area contributed by atoms with Crippen molar-refractivity contribution in [3.8, 4) is 11.5 Å². The van der Waals surface area contributed by atoms with Gasteiger partial charge in [0.15, 0.2) is 18.1 Å². The second kappa shape index (κ2) is 10.4. The molecule has 1 N–H and O–H groups in total. The van der Waals surface area contributed by atoms with Crippen LogP contribution in [0.3, 0.4) is 0 Å². The molecule has 2 aromatic carbocycles. The SMILES string of the molecule is COc1cc(C(=S)N2C[C@@H](C)O[C@@H](C)C2)ccc1OCC(=O)Nc1ccc(Br)c(C)c1. The topological polar surface area (TPSA) is 60.0 Å². The van der Waals surface area contributed by atoms with Gasteiger partial charge in [-0.15, -0.1) is 0 Å². The van der Waals surface area contributed by atoms with Crippen LogP contribution in [0.15, 0.2) is 40.9 Å². The number of anilines is 1. The zero-order valence-electron chi connectivity index (χ0n) is 18.1. The average Bonchev–Trinajstić information content (AvgIpc) is 2.73. The van der Waals surface area contributed by atoms with Gasteiger partial charge in [-0.05, 0) is 62.7 Å². The first-order chi connectivity index (χ1) is 14.8. The Hall–Kier alpha value is -2.16. The lowest BCUT2D eigenvalue weighted by Gasteiger charge is -2.37. The molecule has 1 aliphatic rings. The van der Waals surface area contributed by atoms with Gasteiger partial charge in [0.25, 0.3) is 5.91 Å². The fraction of sp³-hybridized carbons (Fsp3) is 0.391. The van der Waals surface area contributed by atoms with Crippen molar-refractivity contribution < 1.29 is 19.0 Å². The fourth-order valence-corrected chi connectivity index (χ4v) is 4.03. The minimum Gasteiger partial charge on any atom is -0.493 e. The Bertz CT molecular complexity index is 959. The summed E-state index contributed by atoms with van der Waals surface area (Å²) in [5.41, 5.74) is 2.63. The van der Waals surface area contributed by atoms with E-state index in [1.165, 1.54) is 0 Å². The number of halogens is 1. The maximum atomic E-state index is 12.3. The number of carbonyl (C=O) groups is 1. The van der Waals surface area contributed by atoms with Crippen LogP contribution in [0.25, 0.3) is 0 Å². The number of nitrogens with zero attached hydrogens (tertiary/aromatic N) is 1. The molecule has 1 heterocycles. The summed E-state index contributed by atoms with van der Waals surface area (Å²) in [6.07, 6.45) is 0.249. The quantitative estimate of drug-likeness (QED) is 0.579. The highest BCUT2D eigenvalue weighted by molar-refractivity contribution is 9.10. The summed E-state index contributed by atoms with van der Waals surface area (Å²) >= 11 is 9.15. The predicted molar refractivity (Wildman–Crippen MR) is 129 cm³/mol. The Labute approximate surface area is 197 Å². The first-order valence-electron chi connectivity index (χ1n) is 10.1. The third-order valence-corrected chi connectivity index (χ3v) is 6.30. The Balaban J connectivity index is 1.63. The maximum absolute atomic E-state index is 12.3. The highest BCUT2D eigenvalue weighted by Crippen LogP contribution is 2.29. The second-order valence-corrected chi connectivity index (χ2v) is 8.87. The van der Waals surface area contributed by atoms with Gasteiger partial charge in [-0.1, -0.05) is 28.1 Å². The van der Waals surface area contributed by atoms with Gasteiger partial charge in [-0.25, -0.2) is 0 Å². The van der Waals surface area contributed by atoms with Crippen LogP contribution in [0.2, 0.25) is 0 Å². The number of ether oxygens (including phenoxy) is 3. The summed E-state index contributed by atoms with van der Waals surface area (Å²) in [6.45, 7) is 7.42. The number of thiocarbonyl (C=S) groups is 1. The number of methoxy groups -OCH3 is 1. The van der Waals surface area contributed by atoms with Crippen molar-refractivity contribution in [3.05, 3.63) is 52.0 Å². The first kappa shape index (κ1) is 23.5. The molecule has 1 amide bonds. The monoisotopic (exact) mass is 506 g/mol. The maximum Gasteiger partial charge on any atom is 0.262 e. The molecule has 3 rings (SSSR count). The normalized spacial score (nSPS) is 18.4. The van der Waals surface area contributed by atoms with Crippen LogP contribution in [0, 0.1) is 6.92 Å². The van der Waals surface area contributed by atoms with Crippen LogP contribution < -0.4 is 14.8 Å². The molecular weight excluding hydrogens is 480 g/mol. The van der Waals surface area contributed by atoms with Crippen molar-refractivity contribution in [1.82, 2.24) is 4.90 Å². The van der Waals surface area contributed by atoms with Gasteiger partial charge in [0.2, 0.25) is 0 Å². The number of amides is 1. The second-order valence-electron chi connectivity index (χ2n) is 7.63. The molecular formula is C23H27BrN2O4S. The molecule has 2 atom stereocenters. The Morgan fingerprint density at radius 2 is 1.90 bits per heavy atom. The fourth-order valence-electron chi connectivity index (χ4n) is 3.51. The Kier molecular flexibility index (Phi) is 7.91. The lowest BCUT2D eigenvalue weighted by molar-refractivity contribution is -0.118. The number of carbonyl (C=O) groups excluding carboxylic acids is 1. The molecule has 0 bridgehead atoms. The summed E-state index contributed by atoms with van der Waals surface area (Å²) in [5, 5.41) is 2.83. The van der Waals surface area contributed by atoms with E-state index in [2.05, 4.69) is 26.1 Å². The van der Waals surface area contributed by atoms with E-state index < -0.39 is 0 Å². The van der Waals surface area contributed by atoms with E-state index >= 15 is 0 Å². The summed E-state index contributed by atoms with van der Waals surface area (Å²) in [5.74, 6) is 0.765. The molecule has 0 saturated carbocycles. The lowest BCUT2D eigenvalue weighted by atomic mass is 10.1. The summed E-state index contributed by atoms with van der Waals surface area (Å²) in [7, 11) is 1.57. The molecule has 1 fully saturated rings. The Morgan fingerprint density at radius 3 is 2.55 bits per heavy atom. The molecule has 1 saturated heterocycles. The van der Waals surface area contributed by atoms with E-state index in [1.807, 2.05) is 51.1 Å². The number of nitrogens with one attached hydrogen (secondary N) is 1. The van der Waals surface area contributed by atoms with Crippen molar-refractivity contribution in [2.45, 2.75) is 33.0 Å². The van der Waals surface area contributed by atoms with Gasteiger partial charge in [0.05, 0.1) is 19.3 Å². The van der Waals surface area contributed by atoms with Crippen LogP contribution >= 0.6 is 28.1 Å².